The lowest BCUT2D eigenvalue weighted by Gasteiger charge is -1.98. The van der Waals surface area contributed by atoms with Crippen LogP contribution in [0.1, 0.15) is 11.5 Å². The minimum absolute atomic E-state index is 0.615. The number of carbonyl (C=O) groups excluding carboxylic acids is 1. The summed E-state index contributed by atoms with van der Waals surface area (Å²) < 4.78 is 0. The molecule has 0 aliphatic rings. The predicted octanol–water partition coefficient (Wildman–Crippen LogP) is 1.49. The van der Waals surface area contributed by atoms with Crippen LogP contribution < -0.4 is 0 Å². The van der Waals surface area contributed by atoms with Gasteiger partial charge in [0.15, 0.2) is 0 Å². The number of hydrogen-bond acceptors (Lipinski definition) is 2. The van der Waals surface area contributed by atoms with Crippen LogP contribution in [0.5, 0.6) is 0 Å². The zero-order valence-corrected chi connectivity index (χ0v) is 5.90. The Morgan fingerprint density at radius 3 is 2.45 bits per heavy atom. The van der Waals surface area contributed by atoms with Gasteiger partial charge in [0.25, 0.3) is 0 Å². The van der Waals surface area contributed by atoms with Crippen LogP contribution in [0.4, 0.5) is 0 Å². The molecule has 0 amide bonds. The topological polar surface area (TPSA) is 40.9 Å². The largest absolute Gasteiger partial charge is 0.302 e. The number of benzene rings is 1. The van der Waals surface area contributed by atoms with Crippen molar-refractivity contribution in [1.29, 1.82) is 5.26 Å². The summed E-state index contributed by atoms with van der Waals surface area (Å²) in [5, 5.41) is 8.50. The van der Waals surface area contributed by atoms with E-state index in [-0.39, 0.29) is 0 Å². The van der Waals surface area contributed by atoms with E-state index in [2.05, 4.69) is 0 Å². The van der Waals surface area contributed by atoms with Gasteiger partial charge in [-0.1, -0.05) is 30.3 Å². The van der Waals surface area contributed by atoms with Gasteiger partial charge in [-0.15, -0.1) is 0 Å². The second kappa shape index (κ2) is 3.52. The summed E-state index contributed by atoms with van der Waals surface area (Å²) in [6.45, 7) is 0. The average Bonchev–Trinajstić information content (AvgIpc) is 2.09. The number of nitrogens with zero attached hydrogens (tertiary/aromatic N) is 1. The van der Waals surface area contributed by atoms with Crippen molar-refractivity contribution in [1.82, 2.24) is 0 Å². The molecule has 0 N–H and O–H groups in total. The highest BCUT2D eigenvalue weighted by Crippen LogP contribution is 2.10. The van der Waals surface area contributed by atoms with Gasteiger partial charge in [0.1, 0.15) is 12.2 Å². The third-order valence-corrected chi connectivity index (χ3v) is 1.43. The molecule has 1 aromatic rings. The molecule has 54 valence electrons. The number of hydrogen-bond donors (Lipinski definition) is 0. The van der Waals surface area contributed by atoms with E-state index in [4.69, 9.17) is 5.26 Å². The van der Waals surface area contributed by atoms with Crippen LogP contribution in [-0.4, -0.2) is 6.29 Å². The fourth-order valence-electron chi connectivity index (χ4n) is 0.844. The van der Waals surface area contributed by atoms with E-state index in [1.165, 1.54) is 0 Å². The first-order valence-corrected chi connectivity index (χ1v) is 3.28. The maximum atomic E-state index is 10.3. The summed E-state index contributed by atoms with van der Waals surface area (Å²) in [4.78, 5) is 10.3. The number of carbonyl (C=O) groups is 1. The molecule has 0 aliphatic heterocycles. The van der Waals surface area contributed by atoms with E-state index in [0.29, 0.717) is 6.29 Å². The molecule has 11 heavy (non-hydrogen) atoms. The molecular formula is C9H7NO. The van der Waals surface area contributed by atoms with Gasteiger partial charge in [-0.2, -0.15) is 5.26 Å². The SMILES string of the molecule is N#C[C@@H](C=O)c1ccccc1. The van der Waals surface area contributed by atoms with E-state index in [9.17, 15) is 4.79 Å². The van der Waals surface area contributed by atoms with Gasteiger partial charge in [-0.3, -0.25) is 0 Å². The van der Waals surface area contributed by atoms with Crippen molar-refractivity contribution in [2.75, 3.05) is 0 Å². The Hall–Kier alpha value is -1.62. The molecule has 0 aromatic heterocycles. The lowest BCUT2D eigenvalue weighted by atomic mass is 10.0. The molecule has 0 saturated carbocycles. The fourth-order valence-corrected chi connectivity index (χ4v) is 0.844. The molecule has 1 aromatic carbocycles. The molecule has 1 rings (SSSR count). The van der Waals surface area contributed by atoms with Crippen LogP contribution in [-0.2, 0) is 4.79 Å². The summed E-state index contributed by atoms with van der Waals surface area (Å²) in [6.07, 6.45) is 0.648. The minimum Gasteiger partial charge on any atom is -0.302 e. The molecule has 2 nitrogen and oxygen atoms in total. The molecule has 1 atom stereocenters. The molecule has 0 spiro atoms. The maximum Gasteiger partial charge on any atom is 0.141 e. The lowest BCUT2D eigenvalue weighted by Crippen LogP contribution is -1.95. The summed E-state index contributed by atoms with van der Waals surface area (Å²) in [5.74, 6) is -0.615. The number of aldehydes is 1. The molecule has 0 saturated heterocycles. The molecule has 0 bridgehead atoms. The lowest BCUT2D eigenvalue weighted by molar-refractivity contribution is -0.108. The Kier molecular flexibility index (Phi) is 2.40. The normalized spacial score (nSPS) is 11.5. The molecular weight excluding hydrogens is 138 g/mol. The Labute approximate surface area is 65.1 Å². The van der Waals surface area contributed by atoms with Crippen LogP contribution in [0, 0.1) is 11.3 Å². The number of nitriles is 1. The zero-order chi connectivity index (χ0) is 8.10. The molecule has 0 heterocycles. The molecule has 0 radical (unpaired) electrons. The van der Waals surface area contributed by atoms with Crippen LogP contribution in [0.25, 0.3) is 0 Å². The standard InChI is InChI=1S/C9H7NO/c10-6-9(7-11)8-4-2-1-3-5-8/h1-5,7,9H/t9-/m0/s1. The van der Waals surface area contributed by atoms with Crippen molar-refractivity contribution >= 4 is 6.29 Å². The summed E-state index contributed by atoms with van der Waals surface area (Å²) in [7, 11) is 0. The third-order valence-electron chi connectivity index (χ3n) is 1.43. The predicted molar refractivity (Wildman–Crippen MR) is 40.9 cm³/mol. The maximum absolute atomic E-state index is 10.3. The molecule has 2 heteroatoms. The van der Waals surface area contributed by atoms with Crippen LogP contribution >= 0.6 is 0 Å². The Balaban J connectivity index is 2.93. The highest BCUT2D eigenvalue weighted by molar-refractivity contribution is 5.66. The second-order valence-corrected chi connectivity index (χ2v) is 2.15. The van der Waals surface area contributed by atoms with E-state index in [1.807, 2.05) is 24.3 Å². The second-order valence-electron chi connectivity index (χ2n) is 2.15. The minimum atomic E-state index is -0.615. The van der Waals surface area contributed by atoms with E-state index in [1.54, 1.807) is 12.1 Å². The fraction of sp³-hybridized carbons (Fsp3) is 0.111. The van der Waals surface area contributed by atoms with Gasteiger partial charge in [0.2, 0.25) is 0 Å². The Bertz CT molecular complexity index is 273. The van der Waals surface area contributed by atoms with Gasteiger partial charge in [-0.25, -0.2) is 0 Å². The molecule has 0 aliphatic carbocycles. The molecule has 0 fully saturated rings. The van der Waals surface area contributed by atoms with Crippen LogP contribution in [0.3, 0.4) is 0 Å². The summed E-state index contributed by atoms with van der Waals surface area (Å²) >= 11 is 0. The van der Waals surface area contributed by atoms with Crippen molar-refractivity contribution in [2.24, 2.45) is 0 Å². The van der Waals surface area contributed by atoms with Gasteiger partial charge < -0.3 is 4.79 Å². The van der Waals surface area contributed by atoms with Crippen molar-refractivity contribution in [3.05, 3.63) is 35.9 Å². The van der Waals surface area contributed by atoms with Crippen molar-refractivity contribution in [3.8, 4) is 6.07 Å². The van der Waals surface area contributed by atoms with Crippen molar-refractivity contribution in [3.63, 3.8) is 0 Å². The monoisotopic (exact) mass is 145 g/mol. The Morgan fingerprint density at radius 2 is 2.00 bits per heavy atom. The van der Waals surface area contributed by atoms with Gasteiger partial charge in [-0.05, 0) is 5.56 Å². The zero-order valence-electron chi connectivity index (χ0n) is 5.90. The first kappa shape index (κ1) is 7.49. The van der Waals surface area contributed by atoms with Gasteiger partial charge >= 0.3 is 0 Å². The van der Waals surface area contributed by atoms with Crippen molar-refractivity contribution in [2.45, 2.75) is 5.92 Å². The third kappa shape index (κ3) is 1.65. The van der Waals surface area contributed by atoms with Crippen LogP contribution in [0.15, 0.2) is 30.3 Å². The van der Waals surface area contributed by atoms with E-state index in [0.717, 1.165) is 5.56 Å². The quantitative estimate of drug-likeness (QED) is 0.591. The summed E-state index contributed by atoms with van der Waals surface area (Å²) in [6, 6.07) is 10.9. The van der Waals surface area contributed by atoms with E-state index < -0.39 is 5.92 Å². The van der Waals surface area contributed by atoms with E-state index >= 15 is 0 Å². The first-order valence-electron chi connectivity index (χ1n) is 3.28. The molecule has 0 unspecified atom stereocenters. The van der Waals surface area contributed by atoms with Gasteiger partial charge in [0, 0.05) is 0 Å². The highest BCUT2D eigenvalue weighted by atomic mass is 16.1. The van der Waals surface area contributed by atoms with Gasteiger partial charge in [0.05, 0.1) is 6.07 Å². The van der Waals surface area contributed by atoms with Crippen molar-refractivity contribution < 1.29 is 4.79 Å². The Morgan fingerprint density at radius 1 is 1.36 bits per heavy atom. The van der Waals surface area contributed by atoms with Crippen LogP contribution in [0.2, 0.25) is 0 Å². The first-order chi connectivity index (χ1) is 5.38. The average molecular weight is 145 g/mol. The highest BCUT2D eigenvalue weighted by Gasteiger charge is 2.06. The smallest absolute Gasteiger partial charge is 0.141 e. The number of rotatable bonds is 2. The summed E-state index contributed by atoms with van der Waals surface area (Å²) in [5.41, 5.74) is 0.755.